The van der Waals surface area contributed by atoms with Crippen molar-refractivity contribution in [3.8, 4) is 0 Å². The predicted molar refractivity (Wildman–Crippen MR) is 138 cm³/mol. The zero-order valence-corrected chi connectivity index (χ0v) is 21.2. The quantitative estimate of drug-likeness (QED) is 0.134. The number of aliphatic carboxylic acids is 2. The third-order valence-electron chi connectivity index (χ3n) is 5.39. The van der Waals surface area contributed by atoms with E-state index in [1.165, 1.54) is 47.5 Å². The van der Waals surface area contributed by atoms with Gasteiger partial charge in [0.05, 0.1) is 4.92 Å². The number of carbonyl (C=O) groups is 4. The van der Waals surface area contributed by atoms with Crippen molar-refractivity contribution < 1.29 is 39.2 Å². The number of aromatic nitrogens is 1. The Hall–Kier alpha value is -4.77. The first kappa shape index (κ1) is 27.3. The zero-order valence-electron chi connectivity index (χ0n) is 19.5. The van der Waals surface area contributed by atoms with Crippen LogP contribution in [0.3, 0.4) is 0 Å². The molecule has 39 heavy (non-hydrogen) atoms. The van der Waals surface area contributed by atoms with Gasteiger partial charge in [-0.25, -0.2) is 14.6 Å². The highest BCUT2D eigenvalue weighted by Gasteiger charge is 2.54. The van der Waals surface area contributed by atoms with Crippen LogP contribution in [0.1, 0.15) is 11.3 Å². The van der Waals surface area contributed by atoms with E-state index < -0.39 is 52.4 Å². The topological polar surface area (TPSA) is 228 Å². The molecule has 0 bridgehead atoms. The lowest BCUT2D eigenvalue weighted by atomic mass is 10.0. The number of nitrogens with one attached hydrogen (secondary N) is 1. The summed E-state index contributed by atoms with van der Waals surface area (Å²) in [6, 6.07) is 4.54. The molecule has 2 aliphatic heterocycles. The average molecular weight is 575 g/mol. The number of nitrogens with two attached hydrogens (primary N) is 1. The number of thioether (sulfide) groups is 1. The maximum absolute atomic E-state index is 13.0. The van der Waals surface area contributed by atoms with Gasteiger partial charge in [-0.3, -0.25) is 24.6 Å². The number of hydrogen-bond acceptors (Lipinski definition) is 12. The second-order valence-electron chi connectivity index (χ2n) is 7.90. The molecule has 0 saturated carbocycles. The number of carbonyl (C=O) groups excluding carboxylic acids is 2. The van der Waals surface area contributed by atoms with E-state index in [1.807, 2.05) is 0 Å². The molecular formula is C22H18N6O9S2. The molecule has 2 aliphatic rings. The van der Waals surface area contributed by atoms with E-state index in [2.05, 4.69) is 20.3 Å². The number of fused-ring (bicyclic) bond motifs is 1. The molecule has 2 atom stereocenters. The van der Waals surface area contributed by atoms with E-state index in [0.717, 1.165) is 16.2 Å². The van der Waals surface area contributed by atoms with Gasteiger partial charge in [0.15, 0.2) is 10.8 Å². The molecule has 0 radical (unpaired) electrons. The number of nitro groups is 1. The van der Waals surface area contributed by atoms with Gasteiger partial charge in [0.1, 0.15) is 22.8 Å². The summed E-state index contributed by atoms with van der Waals surface area (Å²) in [5.74, 6) is -4.05. The van der Waals surface area contributed by atoms with Gasteiger partial charge in [-0.05, 0) is 23.3 Å². The normalized spacial score (nSPS) is 18.9. The molecule has 202 valence electrons. The van der Waals surface area contributed by atoms with E-state index in [0.29, 0.717) is 11.1 Å². The van der Waals surface area contributed by atoms with Crippen LogP contribution in [-0.2, 0) is 24.0 Å². The van der Waals surface area contributed by atoms with Gasteiger partial charge in [-0.15, -0.1) is 23.1 Å². The minimum atomic E-state index is -1.34. The lowest BCUT2D eigenvalue weighted by molar-refractivity contribution is -0.384. The molecule has 2 amide bonds. The summed E-state index contributed by atoms with van der Waals surface area (Å²) in [6.07, 6.45) is 3.09. The Balaban J connectivity index is 1.51. The van der Waals surface area contributed by atoms with Crippen LogP contribution in [0.4, 0.5) is 10.8 Å². The summed E-state index contributed by atoms with van der Waals surface area (Å²) in [5.41, 5.74) is 5.79. The number of β-lactam (4-membered cyclic amide) rings is 1. The number of carboxylic acid groups (broad SMARTS) is 2. The lowest BCUT2D eigenvalue weighted by Gasteiger charge is -2.49. The Bertz CT molecular complexity index is 1450. The Kier molecular flexibility index (Phi) is 7.91. The highest BCUT2D eigenvalue weighted by Crippen LogP contribution is 2.40. The maximum atomic E-state index is 13.0. The Labute approximate surface area is 226 Å². The molecule has 0 aliphatic carbocycles. The first-order valence-electron chi connectivity index (χ1n) is 10.8. The second-order valence-corrected chi connectivity index (χ2v) is 9.89. The minimum absolute atomic E-state index is 0.00472. The number of anilines is 1. The van der Waals surface area contributed by atoms with Gasteiger partial charge in [-0.2, -0.15) is 0 Å². The van der Waals surface area contributed by atoms with Gasteiger partial charge >= 0.3 is 11.9 Å². The number of rotatable bonds is 10. The van der Waals surface area contributed by atoms with Crippen molar-refractivity contribution in [1.82, 2.24) is 15.2 Å². The fraction of sp³-hybridized carbons (Fsp3) is 0.182. The molecule has 15 nitrogen and oxygen atoms in total. The number of oxime groups is 1. The van der Waals surface area contributed by atoms with Crippen molar-refractivity contribution in [3.05, 3.63) is 68.4 Å². The summed E-state index contributed by atoms with van der Waals surface area (Å²) in [7, 11) is 0. The van der Waals surface area contributed by atoms with Crippen LogP contribution in [0.15, 0.2) is 52.1 Å². The molecule has 2 aromatic rings. The molecule has 1 fully saturated rings. The van der Waals surface area contributed by atoms with Crippen molar-refractivity contribution in [1.29, 1.82) is 0 Å². The van der Waals surface area contributed by atoms with E-state index in [-0.39, 0.29) is 28.0 Å². The number of carboxylic acids is 2. The van der Waals surface area contributed by atoms with Crippen molar-refractivity contribution in [2.45, 2.75) is 11.4 Å². The van der Waals surface area contributed by atoms with Crippen LogP contribution in [0.5, 0.6) is 0 Å². The molecule has 0 spiro atoms. The van der Waals surface area contributed by atoms with E-state index >= 15 is 0 Å². The van der Waals surface area contributed by atoms with Crippen LogP contribution in [0.25, 0.3) is 6.08 Å². The molecule has 2 unspecified atom stereocenters. The number of nitro benzene ring substituents is 1. The highest BCUT2D eigenvalue weighted by atomic mass is 32.2. The summed E-state index contributed by atoms with van der Waals surface area (Å²) < 4.78 is 0. The fourth-order valence-corrected chi connectivity index (χ4v) is 5.50. The monoisotopic (exact) mass is 574 g/mol. The average Bonchev–Trinajstić information content (AvgIpc) is 3.33. The van der Waals surface area contributed by atoms with Crippen LogP contribution in [0, 0.1) is 10.1 Å². The number of nitrogen functional groups attached to an aromatic ring is 1. The molecule has 5 N–H and O–H groups in total. The molecule has 17 heteroatoms. The fourth-order valence-electron chi connectivity index (χ4n) is 3.64. The van der Waals surface area contributed by atoms with E-state index in [1.54, 1.807) is 6.08 Å². The first-order valence-corrected chi connectivity index (χ1v) is 12.8. The van der Waals surface area contributed by atoms with Crippen LogP contribution < -0.4 is 11.1 Å². The summed E-state index contributed by atoms with van der Waals surface area (Å²) in [5, 5.41) is 36.2. The highest BCUT2D eigenvalue weighted by molar-refractivity contribution is 8.00. The summed E-state index contributed by atoms with van der Waals surface area (Å²) >= 11 is 2.22. The number of benzene rings is 1. The third-order valence-corrected chi connectivity index (χ3v) is 7.37. The first-order chi connectivity index (χ1) is 18.6. The Morgan fingerprint density at radius 1 is 1.28 bits per heavy atom. The van der Waals surface area contributed by atoms with Crippen molar-refractivity contribution >= 4 is 69.5 Å². The van der Waals surface area contributed by atoms with Gasteiger partial charge in [-0.1, -0.05) is 17.3 Å². The Morgan fingerprint density at radius 3 is 2.59 bits per heavy atom. The zero-order chi connectivity index (χ0) is 28.3. The predicted octanol–water partition coefficient (Wildman–Crippen LogP) is 0.891. The number of hydrogen-bond donors (Lipinski definition) is 4. The molecular weight excluding hydrogens is 556 g/mol. The largest absolute Gasteiger partial charge is 0.479 e. The number of thiazole rings is 1. The van der Waals surface area contributed by atoms with Crippen LogP contribution in [-0.4, -0.2) is 78.3 Å². The molecule has 1 aromatic carbocycles. The standard InChI is InChI=1S/C22H18N6O9S2/c23-22-24-13(9-39-22)15(26-37-7-14(29)30)18(31)25-16-19(32)27-17(21(33)34)11(8-38-20(16)27)4-1-10-2-5-12(6-3-10)28(35)36/h1-6,9,16,20H,7-8H2,(H2,23,24)(H,25,31)(H,29,30)(H,33,34)/b4-1-,26-15-. The summed E-state index contributed by atoms with van der Waals surface area (Å²) in [4.78, 5) is 68.7. The second kappa shape index (κ2) is 11.3. The van der Waals surface area contributed by atoms with Crippen molar-refractivity contribution in [3.63, 3.8) is 0 Å². The summed E-state index contributed by atoms with van der Waals surface area (Å²) in [6.45, 7) is -0.825. The van der Waals surface area contributed by atoms with E-state index in [4.69, 9.17) is 10.8 Å². The maximum Gasteiger partial charge on any atom is 0.352 e. The molecule has 1 aromatic heterocycles. The van der Waals surface area contributed by atoms with Crippen molar-refractivity contribution in [2.24, 2.45) is 5.16 Å². The van der Waals surface area contributed by atoms with Crippen LogP contribution in [0.2, 0.25) is 0 Å². The molecule has 4 rings (SSSR count). The third kappa shape index (κ3) is 5.88. The number of allylic oxidation sites excluding steroid dienone is 1. The van der Waals surface area contributed by atoms with Gasteiger partial charge in [0, 0.05) is 23.3 Å². The lowest BCUT2D eigenvalue weighted by Crippen LogP contribution is -2.71. The smallest absolute Gasteiger partial charge is 0.352 e. The van der Waals surface area contributed by atoms with Crippen molar-refractivity contribution in [2.75, 3.05) is 18.1 Å². The number of amides is 2. The Morgan fingerprint density at radius 2 is 2.00 bits per heavy atom. The minimum Gasteiger partial charge on any atom is -0.479 e. The van der Waals surface area contributed by atoms with Gasteiger partial charge in [0.2, 0.25) is 6.61 Å². The van der Waals surface area contributed by atoms with E-state index in [9.17, 15) is 34.4 Å². The van der Waals surface area contributed by atoms with Gasteiger partial charge in [0.25, 0.3) is 17.5 Å². The van der Waals surface area contributed by atoms with Crippen LogP contribution >= 0.6 is 23.1 Å². The SMILES string of the molecule is Nc1nc(/C(=N/OCC(=O)O)C(=O)NC2C(=O)N3C(C(=O)O)=C(/C=C\c4ccc([N+](=O)[O-])cc4)CSC23)cs1. The number of non-ortho nitro benzene ring substituents is 1. The number of nitrogens with zero attached hydrogens (tertiary/aromatic N) is 4. The molecule has 1 saturated heterocycles. The molecule has 3 heterocycles. The van der Waals surface area contributed by atoms with Gasteiger partial charge < -0.3 is 26.1 Å².